The van der Waals surface area contributed by atoms with Gasteiger partial charge in [-0.1, -0.05) is 6.07 Å². The summed E-state index contributed by atoms with van der Waals surface area (Å²) in [4.78, 5) is 12.0. The van der Waals surface area contributed by atoms with Crippen LogP contribution in [0.4, 0.5) is 22.4 Å². The fourth-order valence-corrected chi connectivity index (χ4v) is 2.76. The molecule has 1 aliphatic carbocycles. The molecule has 3 rings (SSSR count). The molecule has 1 saturated heterocycles. The number of alkyl carbamates (subject to hydrolysis) is 1. The predicted molar refractivity (Wildman–Crippen MR) is 79.4 cm³/mol. The first-order valence-electron chi connectivity index (χ1n) is 7.95. The van der Waals surface area contributed by atoms with Gasteiger partial charge in [0, 0.05) is 19.1 Å². The van der Waals surface area contributed by atoms with E-state index in [0.29, 0.717) is 38.7 Å². The molecule has 1 heterocycles. The van der Waals surface area contributed by atoms with Crippen molar-refractivity contribution in [1.29, 1.82) is 0 Å². The third-order valence-electron chi connectivity index (χ3n) is 4.28. The van der Waals surface area contributed by atoms with Gasteiger partial charge in [0.2, 0.25) is 0 Å². The number of hydrogen-bond donors (Lipinski definition) is 2. The quantitative estimate of drug-likeness (QED) is 0.809. The van der Waals surface area contributed by atoms with E-state index in [1.54, 1.807) is 0 Å². The third kappa shape index (κ3) is 4.21. The van der Waals surface area contributed by atoms with Crippen molar-refractivity contribution in [3.8, 4) is 0 Å². The number of carbonyl (C=O) groups excluding carboxylic acids is 1. The van der Waals surface area contributed by atoms with Crippen LogP contribution in [0, 0.1) is 5.82 Å². The molecule has 138 valence electrons. The van der Waals surface area contributed by atoms with Crippen LogP contribution >= 0.6 is 0 Å². The maximum absolute atomic E-state index is 13.4. The highest BCUT2D eigenvalue weighted by Gasteiger charge is 2.50. The normalized spacial score (nSPS) is 22.3. The Morgan fingerprint density at radius 1 is 1.40 bits per heavy atom. The second-order valence-electron chi connectivity index (χ2n) is 6.18. The summed E-state index contributed by atoms with van der Waals surface area (Å²) in [6.07, 6.45) is -4.73. The summed E-state index contributed by atoms with van der Waals surface area (Å²) in [5.74, 6) is -1.35. The molecule has 2 N–H and O–H groups in total. The first-order valence-corrected chi connectivity index (χ1v) is 7.95. The molecular formula is C16H18F4N2O3. The Balaban J connectivity index is 1.63. The molecule has 9 heteroatoms. The van der Waals surface area contributed by atoms with E-state index in [1.165, 1.54) is 6.07 Å². The number of halogens is 4. The zero-order valence-electron chi connectivity index (χ0n) is 13.3. The van der Waals surface area contributed by atoms with E-state index in [9.17, 15) is 22.4 Å². The summed E-state index contributed by atoms with van der Waals surface area (Å²) in [6.45, 7) is 2.03. The zero-order valence-corrected chi connectivity index (χ0v) is 13.3. The average molecular weight is 362 g/mol. The van der Waals surface area contributed by atoms with E-state index in [2.05, 4.69) is 10.6 Å². The molecule has 0 unspecified atom stereocenters. The number of alkyl halides is 3. The van der Waals surface area contributed by atoms with Crippen LogP contribution < -0.4 is 10.6 Å². The third-order valence-corrected chi connectivity index (χ3v) is 4.28. The molecule has 0 aromatic heterocycles. The monoisotopic (exact) mass is 362 g/mol. The standard InChI is InChI=1S/C16H18F4N2O3/c17-13-2-1-10(7-12(13)16(18,19)20)15(3-4-15)25-14(23)22-8-11-9-24-6-5-21-11/h1-2,7,11,21H,3-6,8-9H2,(H,22,23)/t11-/m1/s1. The van der Waals surface area contributed by atoms with Gasteiger partial charge in [0.1, 0.15) is 11.4 Å². The van der Waals surface area contributed by atoms with E-state index in [4.69, 9.17) is 9.47 Å². The Bertz CT molecular complexity index is 641. The number of amides is 1. The largest absolute Gasteiger partial charge is 0.438 e. The molecule has 0 bridgehead atoms. The Morgan fingerprint density at radius 2 is 2.16 bits per heavy atom. The molecule has 25 heavy (non-hydrogen) atoms. The second-order valence-corrected chi connectivity index (χ2v) is 6.18. The van der Waals surface area contributed by atoms with Crippen LogP contribution in [0.2, 0.25) is 0 Å². The SMILES string of the molecule is O=C(NC[C@@H]1COCCN1)OC1(c2ccc(F)c(C(F)(F)F)c2)CC1. The van der Waals surface area contributed by atoms with Crippen LogP contribution in [0.15, 0.2) is 18.2 Å². The van der Waals surface area contributed by atoms with Crippen molar-refractivity contribution in [1.82, 2.24) is 10.6 Å². The van der Waals surface area contributed by atoms with Crippen LogP contribution in [-0.4, -0.2) is 38.4 Å². The Kier molecular flexibility index (Phi) is 4.88. The summed E-state index contributed by atoms with van der Waals surface area (Å²) >= 11 is 0. The van der Waals surface area contributed by atoms with Gasteiger partial charge in [-0.25, -0.2) is 9.18 Å². The molecule has 1 saturated carbocycles. The van der Waals surface area contributed by atoms with Gasteiger partial charge in [-0.2, -0.15) is 13.2 Å². The van der Waals surface area contributed by atoms with Gasteiger partial charge >= 0.3 is 12.3 Å². The van der Waals surface area contributed by atoms with E-state index in [1.807, 2.05) is 0 Å². The highest BCUT2D eigenvalue weighted by molar-refractivity contribution is 5.68. The summed E-state index contributed by atoms with van der Waals surface area (Å²) in [5.41, 5.74) is -2.33. The van der Waals surface area contributed by atoms with Crippen LogP contribution in [0.25, 0.3) is 0 Å². The lowest BCUT2D eigenvalue weighted by Gasteiger charge is -2.24. The number of benzene rings is 1. The second kappa shape index (κ2) is 6.80. The minimum Gasteiger partial charge on any atom is -0.438 e. The average Bonchev–Trinajstić information content (AvgIpc) is 3.34. The van der Waals surface area contributed by atoms with E-state index in [-0.39, 0.29) is 18.2 Å². The molecule has 1 atom stereocenters. The van der Waals surface area contributed by atoms with Crippen molar-refractivity contribution < 1.29 is 31.8 Å². The lowest BCUT2D eigenvalue weighted by atomic mass is 10.0. The minimum absolute atomic E-state index is 0.0425. The predicted octanol–water partition coefficient (Wildman–Crippen LogP) is 2.55. The van der Waals surface area contributed by atoms with Crippen molar-refractivity contribution in [3.05, 3.63) is 35.1 Å². The number of hydrogen-bond acceptors (Lipinski definition) is 4. The first kappa shape index (κ1) is 17.9. The van der Waals surface area contributed by atoms with E-state index < -0.39 is 29.3 Å². The van der Waals surface area contributed by atoms with Gasteiger partial charge < -0.3 is 20.1 Å². The molecule has 0 radical (unpaired) electrons. The molecule has 0 spiro atoms. The number of nitrogens with one attached hydrogen (secondary N) is 2. The van der Waals surface area contributed by atoms with Crippen LogP contribution in [0.5, 0.6) is 0 Å². The van der Waals surface area contributed by atoms with Gasteiger partial charge in [0.05, 0.1) is 18.8 Å². The fraction of sp³-hybridized carbons (Fsp3) is 0.562. The summed E-state index contributed by atoms with van der Waals surface area (Å²) in [6, 6.07) is 2.65. The van der Waals surface area contributed by atoms with Gasteiger partial charge in [0.25, 0.3) is 0 Å². The molecule has 1 aliphatic heterocycles. The minimum atomic E-state index is -4.80. The zero-order chi connectivity index (χ0) is 18.1. The summed E-state index contributed by atoms with van der Waals surface area (Å²) < 4.78 is 62.5. The van der Waals surface area contributed by atoms with E-state index >= 15 is 0 Å². The highest BCUT2D eigenvalue weighted by Crippen LogP contribution is 2.50. The van der Waals surface area contributed by atoms with Crippen LogP contribution in [0.3, 0.4) is 0 Å². The molecule has 2 aliphatic rings. The van der Waals surface area contributed by atoms with E-state index in [0.717, 1.165) is 6.07 Å². The Labute approximate surface area is 141 Å². The maximum Gasteiger partial charge on any atom is 0.419 e. The fourth-order valence-electron chi connectivity index (χ4n) is 2.76. The number of carbonyl (C=O) groups is 1. The van der Waals surface area contributed by atoms with Gasteiger partial charge in [0.15, 0.2) is 0 Å². The number of ether oxygens (including phenoxy) is 2. The number of rotatable bonds is 4. The molecular weight excluding hydrogens is 344 g/mol. The Hall–Kier alpha value is -1.87. The molecule has 5 nitrogen and oxygen atoms in total. The molecule has 1 amide bonds. The van der Waals surface area contributed by atoms with Crippen molar-refractivity contribution in [3.63, 3.8) is 0 Å². The lowest BCUT2D eigenvalue weighted by molar-refractivity contribution is -0.140. The molecule has 2 fully saturated rings. The van der Waals surface area contributed by atoms with Crippen molar-refractivity contribution in [2.75, 3.05) is 26.3 Å². The smallest absolute Gasteiger partial charge is 0.419 e. The number of morpholine rings is 1. The highest BCUT2D eigenvalue weighted by atomic mass is 19.4. The van der Waals surface area contributed by atoms with Crippen molar-refractivity contribution >= 4 is 6.09 Å². The van der Waals surface area contributed by atoms with Crippen molar-refractivity contribution in [2.24, 2.45) is 0 Å². The maximum atomic E-state index is 13.4. The van der Waals surface area contributed by atoms with Gasteiger partial charge in [-0.05, 0) is 30.5 Å². The van der Waals surface area contributed by atoms with Crippen molar-refractivity contribution in [2.45, 2.75) is 30.7 Å². The van der Waals surface area contributed by atoms with Gasteiger partial charge in [-0.3, -0.25) is 0 Å². The molecule has 1 aromatic rings. The first-order chi connectivity index (χ1) is 11.8. The summed E-state index contributed by atoms with van der Waals surface area (Å²) in [7, 11) is 0. The lowest BCUT2D eigenvalue weighted by Crippen LogP contribution is -2.48. The van der Waals surface area contributed by atoms with Crippen LogP contribution in [0.1, 0.15) is 24.0 Å². The Morgan fingerprint density at radius 3 is 2.76 bits per heavy atom. The topological polar surface area (TPSA) is 59.6 Å². The molecule has 1 aromatic carbocycles. The van der Waals surface area contributed by atoms with Gasteiger partial charge in [-0.15, -0.1) is 0 Å². The van der Waals surface area contributed by atoms with Crippen LogP contribution in [-0.2, 0) is 21.3 Å². The summed E-state index contributed by atoms with van der Waals surface area (Å²) in [5, 5.41) is 5.73.